The van der Waals surface area contributed by atoms with Crippen molar-refractivity contribution in [2.45, 2.75) is 19.4 Å². The molecule has 3 aromatic rings. The minimum atomic E-state index is -0.415. The summed E-state index contributed by atoms with van der Waals surface area (Å²) in [5.41, 5.74) is 2.98. The van der Waals surface area contributed by atoms with Crippen molar-refractivity contribution in [1.82, 2.24) is 5.32 Å². The van der Waals surface area contributed by atoms with Crippen LogP contribution in [0.4, 0.5) is 0 Å². The highest BCUT2D eigenvalue weighted by atomic mass is 32.1. The van der Waals surface area contributed by atoms with Crippen LogP contribution in [0.25, 0.3) is 0 Å². The van der Waals surface area contributed by atoms with Crippen molar-refractivity contribution in [2.24, 2.45) is 0 Å². The highest BCUT2D eigenvalue weighted by Crippen LogP contribution is 2.25. The van der Waals surface area contributed by atoms with Crippen molar-refractivity contribution in [3.63, 3.8) is 0 Å². The van der Waals surface area contributed by atoms with Gasteiger partial charge in [-0.15, -0.1) is 11.3 Å². The first-order valence-corrected chi connectivity index (χ1v) is 9.58. The summed E-state index contributed by atoms with van der Waals surface area (Å²) >= 11 is 1.57. The number of hydrogen-bond acceptors (Lipinski definition) is 4. The molecule has 0 unspecified atom stereocenters. The number of ether oxygens (including phenoxy) is 1. The Bertz CT molecular complexity index is 874. The number of hydrogen-bond donors (Lipinski definition) is 1. The predicted octanol–water partition coefficient (Wildman–Crippen LogP) is 4.05. The Hall–Kier alpha value is -2.92. The molecule has 1 amide bonds. The van der Waals surface area contributed by atoms with Gasteiger partial charge in [0.2, 0.25) is 0 Å². The summed E-state index contributed by atoms with van der Waals surface area (Å²) in [5, 5.41) is 4.93. The largest absolute Gasteiger partial charge is 0.455 e. The molecule has 0 bridgehead atoms. The van der Waals surface area contributed by atoms with E-state index in [1.54, 1.807) is 11.3 Å². The minimum absolute atomic E-state index is 0.153. The molecular formula is C22H21NO3S. The summed E-state index contributed by atoms with van der Waals surface area (Å²) in [7, 11) is 0. The Kier molecular flexibility index (Phi) is 6.39. The van der Waals surface area contributed by atoms with Crippen molar-refractivity contribution < 1.29 is 14.3 Å². The molecule has 0 saturated heterocycles. The second-order valence-corrected chi connectivity index (χ2v) is 7.23. The number of amides is 1. The smallest absolute Gasteiger partial charge is 0.310 e. The lowest BCUT2D eigenvalue weighted by molar-refractivity contribution is -0.148. The van der Waals surface area contributed by atoms with Gasteiger partial charge in [-0.2, -0.15) is 0 Å². The number of aryl methyl sites for hydroxylation is 1. The van der Waals surface area contributed by atoms with Crippen LogP contribution in [0.2, 0.25) is 0 Å². The highest BCUT2D eigenvalue weighted by molar-refractivity contribution is 7.10. The lowest BCUT2D eigenvalue weighted by atomic mass is 10.1. The number of nitrogens with one attached hydrogen (secondary N) is 1. The van der Waals surface area contributed by atoms with Crippen LogP contribution in [0.1, 0.15) is 27.6 Å². The van der Waals surface area contributed by atoms with Gasteiger partial charge >= 0.3 is 5.97 Å². The van der Waals surface area contributed by atoms with Gasteiger partial charge in [0.05, 0.1) is 12.5 Å². The Balaban J connectivity index is 1.56. The Labute approximate surface area is 162 Å². The van der Waals surface area contributed by atoms with Gasteiger partial charge in [0.15, 0.2) is 6.61 Å². The number of carbonyl (C=O) groups excluding carboxylic acids is 2. The maximum absolute atomic E-state index is 12.3. The number of thiophene rings is 1. The zero-order valence-electron chi connectivity index (χ0n) is 15.1. The third-order valence-electron chi connectivity index (χ3n) is 4.10. The summed E-state index contributed by atoms with van der Waals surface area (Å²) in [6.07, 6.45) is 0.153. The van der Waals surface area contributed by atoms with Crippen molar-refractivity contribution >= 4 is 23.2 Å². The van der Waals surface area contributed by atoms with Crippen LogP contribution in [-0.4, -0.2) is 18.5 Å². The molecule has 4 nitrogen and oxygen atoms in total. The molecule has 138 valence electrons. The lowest BCUT2D eigenvalue weighted by Gasteiger charge is -2.18. The molecule has 1 atom stereocenters. The van der Waals surface area contributed by atoms with Gasteiger partial charge in [0, 0.05) is 4.88 Å². The molecular weight excluding hydrogens is 358 g/mol. The van der Waals surface area contributed by atoms with Gasteiger partial charge in [-0.3, -0.25) is 9.59 Å². The van der Waals surface area contributed by atoms with Crippen LogP contribution in [0.5, 0.6) is 0 Å². The maximum Gasteiger partial charge on any atom is 0.310 e. The van der Waals surface area contributed by atoms with E-state index in [4.69, 9.17) is 4.74 Å². The van der Waals surface area contributed by atoms with Crippen LogP contribution < -0.4 is 5.32 Å². The molecule has 27 heavy (non-hydrogen) atoms. The molecule has 2 aromatic carbocycles. The number of benzene rings is 2. The molecule has 0 aliphatic rings. The predicted molar refractivity (Wildman–Crippen MR) is 107 cm³/mol. The van der Waals surface area contributed by atoms with Crippen LogP contribution in [0, 0.1) is 6.92 Å². The van der Waals surface area contributed by atoms with E-state index >= 15 is 0 Å². The van der Waals surface area contributed by atoms with E-state index in [2.05, 4.69) is 5.32 Å². The molecule has 0 aliphatic carbocycles. The molecule has 1 N–H and O–H groups in total. The first kappa shape index (κ1) is 18.9. The number of carbonyl (C=O) groups is 2. The SMILES string of the molecule is Cc1ccc(CC(=O)OCC(=O)N[C@H](c2ccccc2)c2cccs2)cc1. The Morgan fingerprint density at radius 1 is 1.00 bits per heavy atom. The summed E-state index contributed by atoms with van der Waals surface area (Å²) < 4.78 is 5.14. The van der Waals surface area contributed by atoms with Gasteiger partial charge in [-0.25, -0.2) is 0 Å². The number of rotatable bonds is 7. The summed E-state index contributed by atoms with van der Waals surface area (Å²) in [6.45, 7) is 1.70. The van der Waals surface area contributed by atoms with E-state index < -0.39 is 5.97 Å². The Morgan fingerprint density at radius 2 is 1.74 bits per heavy atom. The quantitative estimate of drug-likeness (QED) is 0.630. The third-order valence-corrected chi connectivity index (χ3v) is 5.04. The van der Waals surface area contributed by atoms with E-state index in [0.717, 1.165) is 21.6 Å². The van der Waals surface area contributed by atoms with Gasteiger partial charge in [-0.1, -0.05) is 66.2 Å². The van der Waals surface area contributed by atoms with Crippen LogP contribution in [0.3, 0.4) is 0 Å². The molecule has 1 heterocycles. The first-order chi connectivity index (χ1) is 13.1. The zero-order chi connectivity index (χ0) is 19.1. The van der Waals surface area contributed by atoms with Gasteiger partial charge in [0.1, 0.15) is 0 Å². The summed E-state index contributed by atoms with van der Waals surface area (Å²) in [5.74, 6) is -0.740. The van der Waals surface area contributed by atoms with Crippen molar-refractivity contribution in [3.05, 3.63) is 93.7 Å². The van der Waals surface area contributed by atoms with E-state index in [0.29, 0.717) is 0 Å². The first-order valence-electron chi connectivity index (χ1n) is 8.70. The lowest BCUT2D eigenvalue weighted by Crippen LogP contribution is -2.32. The summed E-state index contributed by atoms with van der Waals surface area (Å²) in [6, 6.07) is 21.1. The van der Waals surface area contributed by atoms with Gasteiger partial charge in [-0.05, 0) is 29.5 Å². The maximum atomic E-state index is 12.3. The van der Waals surface area contributed by atoms with Crippen molar-refractivity contribution in [1.29, 1.82) is 0 Å². The summed E-state index contributed by atoms with van der Waals surface area (Å²) in [4.78, 5) is 25.4. The fourth-order valence-corrected chi connectivity index (χ4v) is 3.49. The standard InChI is InChI=1S/C22H21NO3S/c1-16-9-11-17(12-10-16)14-21(25)26-15-20(24)23-22(19-8-5-13-27-19)18-6-3-2-4-7-18/h2-13,22H,14-15H2,1H3,(H,23,24)/t22-/m1/s1. The topological polar surface area (TPSA) is 55.4 Å². The van der Waals surface area contributed by atoms with E-state index in [-0.39, 0.29) is 25.0 Å². The van der Waals surface area contributed by atoms with E-state index in [1.807, 2.05) is 79.0 Å². The van der Waals surface area contributed by atoms with Crippen LogP contribution >= 0.6 is 11.3 Å². The van der Waals surface area contributed by atoms with Gasteiger partial charge < -0.3 is 10.1 Å². The average molecular weight is 379 g/mol. The van der Waals surface area contributed by atoms with Crippen LogP contribution in [-0.2, 0) is 20.7 Å². The zero-order valence-corrected chi connectivity index (χ0v) is 15.9. The van der Waals surface area contributed by atoms with Crippen LogP contribution in [0.15, 0.2) is 72.1 Å². The molecule has 1 aromatic heterocycles. The third kappa shape index (κ3) is 5.53. The second-order valence-electron chi connectivity index (χ2n) is 6.25. The van der Waals surface area contributed by atoms with Crippen molar-refractivity contribution in [3.8, 4) is 0 Å². The highest BCUT2D eigenvalue weighted by Gasteiger charge is 2.18. The molecule has 0 saturated carbocycles. The minimum Gasteiger partial charge on any atom is -0.455 e. The molecule has 0 spiro atoms. The molecule has 0 aliphatic heterocycles. The average Bonchev–Trinajstić information content (AvgIpc) is 3.21. The molecule has 3 rings (SSSR count). The van der Waals surface area contributed by atoms with E-state index in [9.17, 15) is 9.59 Å². The van der Waals surface area contributed by atoms with Gasteiger partial charge in [0.25, 0.3) is 5.91 Å². The van der Waals surface area contributed by atoms with E-state index in [1.165, 1.54) is 0 Å². The normalized spacial score (nSPS) is 11.6. The molecule has 0 fully saturated rings. The number of esters is 1. The monoisotopic (exact) mass is 379 g/mol. The fraction of sp³-hybridized carbons (Fsp3) is 0.182. The molecule has 5 heteroatoms. The Morgan fingerprint density at radius 3 is 2.41 bits per heavy atom. The van der Waals surface area contributed by atoms with Crippen molar-refractivity contribution in [2.75, 3.05) is 6.61 Å². The molecule has 0 radical (unpaired) electrons. The fourth-order valence-electron chi connectivity index (χ4n) is 2.69. The second kappa shape index (κ2) is 9.14.